The van der Waals surface area contributed by atoms with E-state index < -0.39 is 0 Å². The van der Waals surface area contributed by atoms with Gasteiger partial charge in [0.1, 0.15) is 16.6 Å². The summed E-state index contributed by atoms with van der Waals surface area (Å²) in [4.78, 5) is 28.6. The molecule has 5 rings (SSSR count). The fourth-order valence-corrected chi connectivity index (χ4v) is 5.88. The number of rotatable bonds is 9. The number of hydrogen-bond donors (Lipinski definition) is 2. The summed E-state index contributed by atoms with van der Waals surface area (Å²) in [6, 6.07) is 7.27. The molecule has 0 aromatic carbocycles. The fraction of sp³-hybridized carbons (Fsp3) is 0.364. The van der Waals surface area contributed by atoms with E-state index >= 15 is 0 Å². The first-order valence-electron chi connectivity index (χ1n) is 11.2. The molecular formula is C22H23N9O2S2. The maximum absolute atomic E-state index is 12.3. The van der Waals surface area contributed by atoms with Crippen LogP contribution in [0.15, 0.2) is 42.9 Å². The van der Waals surface area contributed by atoms with Gasteiger partial charge in [0.15, 0.2) is 0 Å². The second-order valence-corrected chi connectivity index (χ2v) is 10.4. The van der Waals surface area contributed by atoms with Crippen molar-refractivity contribution in [2.45, 2.75) is 44.6 Å². The van der Waals surface area contributed by atoms with E-state index in [2.05, 4.69) is 41.1 Å². The fourth-order valence-electron chi connectivity index (χ4n) is 4.10. The Morgan fingerprint density at radius 1 is 0.971 bits per heavy atom. The summed E-state index contributed by atoms with van der Waals surface area (Å²) in [6.07, 6.45) is 9.12. The molecule has 4 heterocycles. The van der Waals surface area contributed by atoms with Crippen LogP contribution in [0.5, 0.6) is 0 Å². The van der Waals surface area contributed by atoms with Crippen molar-refractivity contribution in [3.05, 3.63) is 58.6 Å². The predicted octanol–water partition coefficient (Wildman–Crippen LogP) is 2.93. The van der Waals surface area contributed by atoms with Gasteiger partial charge in [-0.05, 0) is 43.4 Å². The Morgan fingerprint density at radius 3 is 2.66 bits per heavy atom. The highest BCUT2D eigenvalue weighted by Crippen LogP contribution is 2.41. The molecule has 1 aliphatic carbocycles. The number of amides is 2. The zero-order valence-corrected chi connectivity index (χ0v) is 20.3. The third-order valence-corrected chi connectivity index (χ3v) is 7.55. The SMILES string of the molecule is O=C(Cn1cccn1)Nc1nnc(C[C@@H]2CC[C@H](c3nnc(NC(=O)Cc4ccccn4)s3)C2)s1. The van der Waals surface area contributed by atoms with Gasteiger partial charge < -0.3 is 5.32 Å². The van der Waals surface area contributed by atoms with Gasteiger partial charge in [-0.15, -0.1) is 20.4 Å². The third kappa shape index (κ3) is 6.31. The second kappa shape index (κ2) is 10.8. The topological polar surface area (TPSA) is 140 Å². The van der Waals surface area contributed by atoms with Crippen molar-refractivity contribution in [1.29, 1.82) is 0 Å². The number of carbonyl (C=O) groups excluding carboxylic acids is 2. The molecule has 2 N–H and O–H groups in total. The molecule has 1 fully saturated rings. The summed E-state index contributed by atoms with van der Waals surface area (Å²) < 4.78 is 1.56. The van der Waals surface area contributed by atoms with Gasteiger partial charge in [0, 0.05) is 36.6 Å². The van der Waals surface area contributed by atoms with Crippen molar-refractivity contribution < 1.29 is 9.59 Å². The van der Waals surface area contributed by atoms with Gasteiger partial charge in [-0.3, -0.25) is 24.6 Å². The minimum atomic E-state index is -0.184. The van der Waals surface area contributed by atoms with Crippen LogP contribution < -0.4 is 10.6 Å². The molecule has 0 spiro atoms. The van der Waals surface area contributed by atoms with Crippen molar-refractivity contribution in [1.82, 2.24) is 35.2 Å². The molecule has 1 aliphatic rings. The van der Waals surface area contributed by atoms with Crippen molar-refractivity contribution in [3.8, 4) is 0 Å². The number of nitrogens with zero attached hydrogens (tertiary/aromatic N) is 7. The lowest BCUT2D eigenvalue weighted by Gasteiger charge is -2.07. The van der Waals surface area contributed by atoms with Crippen LogP contribution in [0.2, 0.25) is 0 Å². The van der Waals surface area contributed by atoms with Crippen LogP contribution in [-0.2, 0) is 29.0 Å². The Bertz CT molecular complexity index is 1270. The van der Waals surface area contributed by atoms with E-state index in [9.17, 15) is 9.59 Å². The number of anilines is 2. The number of carbonyl (C=O) groups is 2. The van der Waals surface area contributed by atoms with Gasteiger partial charge in [-0.2, -0.15) is 5.10 Å². The predicted molar refractivity (Wildman–Crippen MR) is 131 cm³/mol. The molecule has 1 saturated carbocycles. The molecule has 0 bridgehead atoms. The molecule has 4 aromatic rings. The van der Waals surface area contributed by atoms with Gasteiger partial charge in [0.2, 0.25) is 22.1 Å². The first-order valence-corrected chi connectivity index (χ1v) is 12.9. The molecule has 4 aromatic heterocycles. The Labute approximate surface area is 209 Å². The molecule has 0 saturated heterocycles. The number of aromatic nitrogens is 7. The van der Waals surface area contributed by atoms with Crippen LogP contribution in [0.1, 0.15) is 40.9 Å². The van der Waals surface area contributed by atoms with E-state index in [1.54, 1.807) is 29.3 Å². The maximum atomic E-state index is 12.3. The smallest absolute Gasteiger partial charge is 0.247 e. The largest absolute Gasteiger partial charge is 0.300 e. The first kappa shape index (κ1) is 23.2. The Balaban J connectivity index is 1.09. The van der Waals surface area contributed by atoms with E-state index in [4.69, 9.17) is 0 Å². The zero-order valence-electron chi connectivity index (χ0n) is 18.7. The van der Waals surface area contributed by atoms with E-state index in [1.165, 1.54) is 22.7 Å². The summed E-state index contributed by atoms with van der Waals surface area (Å²) in [5, 5.41) is 29.4. The summed E-state index contributed by atoms with van der Waals surface area (Å²) in [5.41, 5.74) is 0.714. The standard InChI is InChI=1S/C22H23N9O2S2/c32-17(12-16-4-1-2-7-23-16)25-22-30-28-20(35-22)15-6-5-14(10-15)11-19-27-29-21(34-19)26-18(33)13-31-9-3-8-24-31/h1-4,7-9,14-15H,5-6,10-13H2,(H,25,30,32)(H,26,29,33)/t14-,15+/m1/s1. The molecule has 0 unspecified atom stereocenters. The van der Waals surface area contributed by atoms with Crippen LogP contribution in [0.3, 0.4) is 0 Å². The Morgan fingerprint density at radius 2 is 1.83 bits per heavy atom. The van der Waals surface area contributed by atoms with Gasteiger partial charge in [-0.25, -0.2) is 0 Å². The number of nitrogens with one attached hydrogen (secondary N) is 2. The molecular weight excluding hydrogens is 486 g/mol. The van der Waals surface area contributed by atoms with Crippen molar-refractivity contribution >= 4 is 44.8 Å². The molecule has 13 heteroatoms. The zero-order chi connectivity index (χ0) is 24.0. The van der Waals surface area contributed by atoms with Gasteiger partial charge in [0.05, 0.1) is 6.42 Å². The summed E-state index contributed by atoms with van der Waals surface area (Å²) >= 11 is 2.84. The first-order chi connectivity index (χ1) is 17.1. The van der Waals surface area contributed by atoms with Crippen LogP contribution in [0.25, 0.3) is 0 Å². The third-order valence-electron chi connectivity index (χ3n) is 5.69. The molecule has 11 nitrogen and oxygen atoms in total. The van der Waals surface area contributed by atoms with Gasteiger partial charge in [-0.1, -0.05) is 28.7 Å². The number of hydrogen-bond acceptors (Lipinski definition) is 10. The molecule has 2 amide bonds. The van der Waals surface area contributed by atoms with Crippen molar-refractivity contribution in [3.63, 3.8) is 0 Å². The molecule has 0 aliphatic heterocycles. The lowest BCUT2D eigenvalue weighted by atomic mass is 10.0. The molecule has 0 radical (unpaired) electrons. The average molecular weight is 510 g/mol. The quantitative estimate of drug-likeness (QED) is 0.351. The van der Waals surface area contributed by atoms with Crippen molar-refractivity contribution in [2.75, 3.05) is 10.6 Å². The highest BCUT2D eigenvalue weighted by molar-refractivity contribution is 7.15. The summed E-state index contributed by atoms with van der Waals surface area (Å²) in [6.45, 7) is 0.139. The Kier molecular flexibility index (Phi) is 7.14. The van der Waals surface area contributed by atoms with Gasteiger partial charge in [0.25, 0.3) is 0 Å². The van der Waals surface area contributed by atoms with Crippen molar-refractivity contribution in [2.24, 2.45) is 5.92 Å². The molecule has 35 heavy (non-hydrogen) atoms. The van der Waals surface area contributed by atoms with Crippen LogP contribution >= 0.6 is 22.7 Å². The van der Waals surface area contributed by atoms with Crippen LogP contribution in [-0.4, -0.2) is 47.0 Å². The van der Waals surface area contributed by atoms with Gasteiger partial charge >= 0.3 is 0 Å². The van der Waals surface area contributed by atoms with E-state index in [0.717, 1.165) is 35.7 Å². The highest BCUT2D eigenvalue weighted by Gasteiger charge is 2.29. The molecule has 180 valence electrons. The second-order valence-electron chi connectivity index (χ2n) is 8.32. The minimum absolute atomic E-state index is 0.139. The Hall–Kier alpha value is -3.58. The lowest BCUT2D eigenvalue weighted by Crippen LogP contribution is -2.18. The highest BCUT2D eigenvalue weighted by atomic mass is 32.1. The molecule has 2 atom stereocenters. The average Bonchev–Trinajstić information content (AvgIpc) is 3.64. The van der Waals surface area contributed by atoms with E-state index in [0.29, 0.717) is 27.8 Å². The van der Waals surface area contributed by atoms with Crippen LogP contribution in [0, 0.1) is 5.92 Å². The monoisotopic (exact) mass is 509 g/mol. The minimum Gasteiger partial charge on any atom is -0.300 e. The summed E-state index contributed by atoms with van der Waals surface area (Å²) in [7, 11) is 0. The summed E-state index contributed by atoms with van der Waals surface area (Å²) in [5.74, 6) is 0.447. The van der Waals surface area contributed by atoms with Crippen LogP contribution in [0.4, 0.5) is 10.3 Å². The van der Waals surface area contributed by atoms with E-state index in [1.807, 2.05) is 18.2 Å². The normalized spacial score (nSPS) is 17.4. The lowest BCUT2D eigenvalue weighted by molar-refractivity contribution is -0.117. The van der Waals surface area contributed by atoms with E-state index in [-0.39, 0.29) is 24.8 Å². The number of pyridine rings is 1. The maximum Gasteiger partial charge on any atom is 0.247 e.